The molecule has 0 spiro atoms. The van der Waals surface area contributed by atoms with Crippen LogP contribution in [0.4, 0.5) is 0 Å². The summed E-state index contributed by atoms with van der Waals surface area (Å²) in [5, 5.41) is 9.03. The Morgan fingerprint density at radius 1 is 1.55 bits per heavy atom. The molecule has 0 aliphatic rings. The smallest absolute Gasteiger partial charge is 0.0515 e. The second-order valence-electron chi connectivity index (χ2n) is 2.90. The van der Waals surface area contributed by atoms with E-state index in [1.165, 1.54) is 9.75 Å². The molecular formula is C9H14OS. The summed E-state index contributed by atoms with van der Waals surface area (Å²) in [5.41, 5.74) is 0. The molecule has 0 amide bonds. The summed E-state index contributed by atoms with van der Waals surface area (Å²) < 4.78 is 0. The molecule has 0 aliphatic carbocycles. The van der Waals surface area contributed by atoms with Crippen LogP contribution in [0.25, 0.3) is 0 Å². The normalized spacial score (nSPS) is 13.4. The molecule has 1 N–H and O–H groups in total. The molecule has 0 radical (unpaired) electrons. The first-order chi connectivity index (χ1) is 5.18. The van der Waals surface area contributed by atoms with Crippen molar-refractivity contribution in [3.63, 3.8) is 0 Å². The van der Waals surface area contributed by atoms with E-state index in [1.54, 1.807) is 0 Å². The fourth-order valence-electron chi connectivity index (χ4n) is 0.971. The highest BCUT2D eigenvalue weighted by atomic mass is 32.1. The van der Waals surface area contributed by atoms with Crippen molar-refractivity contribution in [1.82, 2.24) is 0 Å². The van der Waals surface area contributed by atoms with E-state index < -0.39 is 0 Å². The molecule has 0 saturated heterocycles. The van der Waals surface area contributed by atoms with Crippen LogP contribution in [0.2, 0.25) is 0 Å². The Kier molecular flexibility index (Phi) is 3.09. The summed E-state index contributed by atoms with van der Waals surface area (Å²) in [6, 6.07) is 4.27. The van der Waals surface area contributed by atoms with E-state index in [-0.39, 0.29) is 6.10 Å². The van der Waals surface area contributed by atoms with Crippen molar-refractivity contribution < 1.29 is 5.11 Å². The van der Waals surface area contributed by atoms with E-state index in [0.717, 1.165) is 12.8 Å². The Labute approximate surface area is 71.7 Å². The molecule has 0 aliphatic heterocycles. The molecular weight excluding hydrogens is 156 g/mol. The molecule has 0 aromatic carbocycles. The highest BCUT2D eigenvalue weighted by Crippen LogP contribution is 2.17. The van der Waals surface area contributed by atoms with Gasteiger partial charge in [0.05, 0.1) is 6.10 Å². The highest BCUT2D eigenvalue weighted by Gasteiger charge is 1.99. The minimum Gasteiger partial charge on any atom is -0.393 e. The Balaban J connectivity index is 2.39. The number of rotatable bonds is 3. The van der Waals surface area contributed by atoms with Gasteiger partial charge in [-0.15, -0.1) is 11.3 Å². The topological polar surface area (TPSA) is 20.2 Å². The molecule has 1 aromatic heterocycles. The minimum atomic E-state index is -0.169. The summed E-state index contributed by atoms with van der Waals surface area (Å²) >= 11 is 1.82. The fourth-order valence-corrected chi connectivity index (χ4v) is 1.88. The molecule has 1 aromatic rings. The maximum absolute atomic E-state index is 9.03. The zero-order valence-corrected chi connectivity index (χ0v) is 7.82. The zero-order valence-electron chi connectivity index (χ0n) is 7.00. The predicted octanol–water partition coefficient (Wildman–Crippen LogP) is 2.37. The Hall–Kier alpha value is -0.340. The molecule has 0 fully saturated rings. The summed E-state index contributed by atoms with van der Waals surface area (Å²) in [4.78, 5) is 2.73. The van der Waals surface area contributed by atoms with Gasteiger partial charge in [0.25, 0.3) is 0 Å². The second kappa shape index (κ2) is 3.88. The monoisotopic (exact) mass is 170 g/mol. The third kappa shape index (κ3) is 3.04. The summed E-state index contributed by atoms with van der Waals surface area (Å²) in [5.74, 6) is 0. The van der Waals surface area contributed by atoms with Gasteiger partial charge in [-0.3, -0.25) is 0 Å². The maximum atomic E-state index is 9.03. The number of aliphatic hydroxyl groups excluding tert-OH is 1. The fraction of sp³-hybridized carbons (Fsp3) is 0.556. The third-order valence-corrected chi connectivity index (χ3v) is 2.66. The average molecular weight is 170 g/mol. The van der Waals surface area contributed by atoms with Gasteiger partial charge in [0, 0.05) is 9.75 Å². The highest BCUT2D eigenvalue weighted by molar-refractivity contribution is 7.11. The summed E-state index contributed by atoms with van der Waals surface area (Å²) in [6.45, 7) is 3.94. The lowest BCUT2D eigenvalue weighted by atomic mass is 10.2. The molecule has 1 nitrogen and oxygen atoms in total. The third-order valence-electron chi connectivity index (χ3n) is 1.60. The van der Waals surface area contributed by atoms with Crippen LogP contribution in [0.1, 0.15) is 23.1 Å². The maximum Gasteiger partial charge on any atom is 0.0515 e. The molecule has 62 valence electrons. The number of aryl methyl sites for hydroxylation is 2. The lowest BCUT2D eigenvalue weighted by molar-refractivity contribution is 0.185. The van der Waals surface area contributed by atoms with E-state index in [0.29, 0.717) is 0 Å². The lowest BCUT2D eigenvalue weighted by Crippen LogP contribution is -1.99. The molecule has 11 heavy (non-hydrogen) atoms. The van der Waals surface area contributed by atoms with Crippen LogP contribution in [0.5, 0.6) is 0 Å². The van der Waals surface area contributed by atoms with E-state index in [9.17, 15) is 0 Å². The van der Waals surface area contributed by atoms with Crippen LogP contribution in [0.15, 0.2) is 12.1 Å². The zero-order chi connectivity index (χ0) is 8.27. The SMILES string of the molecule is Cc1ccc(CC[C@H](C)O)s1. The van der Waals surface area contributed by atoms with Crippen LogP contribution in [0, 0.1) is 6.92 Å². The second-order valence-corrected chi connectivity index (χ2v) is 4.27. The first kappa shape index (κ1) is 8.75. The van der Waals surface area contributed by atoms with Crippen LogP contribution < -0.4 is 0 Å². The van der Waals surface area contributed by atoms with Crippen molar-refractivity contribution in [2.24, 2.45) is 0 Å². The Bertz CT molecular complexity index is 215. The van der Waals surface area contributed by atoms with Crippen molar-refractivity contribution >= 4 is 11.3 Å². The van der Waals surface area contributed by atoms with Gasteiger partial charge >= 0.3 is 0 Å². The molecule has 0 bridgehead atoms. The molecule has 0 unspecified atom stereocenters. The van der Waals surface area contributed by atoms with Gasteiger partial charge < -0.3 is 5.11 Å². The molecule has 1 rings (SSSR count). The van der Waals surface area contributed by atoms with Gasteiger partial charge in [0.15, 0.2) is 0 Å². The van der Waals surface area contributed by atoms with E-state index >= 15 is 0 Å². The molecule has 1 atom stereocenters. The van der Waals surface area contributed by atoms with Crippen molar-refractivity contribution in [1.29, 1.82) is 0 Å². The van der Waals surface area contributed by atoms with Crippen molar-refractivity contribution in [2.45, 2.75) is 32.8 Å². The first-order valence-electron chi connectivity index (χ1n) is 3.92. The predicted molar refractivity (Wildman–Crippen MR) is 49.1 cm³/mol. The quantitative estimate of drug-likeness (QED) is 0.738. The van der Waals surface area contributed by atoms with Gasteiger partial charge in [0.2, 0.25) is 0 Å². The number of thiophene rings is 1. The summed E-state index contributed by atoms with van der Waals surface area (Å²) in [6.07, 6.45) is 1.72. The standard InChI is InChI=1S/C9H14OS/c1-7(10)3-5-9-6-4-8(2)11-9/h4,6-7,10H,3,5H2,1-2H3/t7-/m0/s1. The van der Waals surface area contributed by atoms with Gasteiger partial charge in [-0.1, -0.05) is 0 Å². The van der Waals surface area contributed by atoms with E-state index in [2.05, 4.69) is 19.1 Å². The number of hydrogen-bond acceptors (Lipinski definition) is 2. The van der Waals surface area contributed by atoms with Crippen LogP contribution in [0.3, 0.4) is 0 Å². The number of aliphatic hydroxyl groups is 1. The Morgan fingerprint density at radius 2 is 2.27 bits per heavy atom. The van der Waals surface area contributed by atoms with Gasteiger partial charge in [-0.05, 0) is 38.8 Å². The summed E-state index contributed by atoms with van der Waals surface area (Å²) in [7, 11) is 0. The largest absolute Gasteiger partial charge is 0.393 e. The first-order valence-corrected chi connectivity index (χ1v) is 4.73. The van der Waals surface area contributed by atoms with Gasteiger partial charge in [0.1, 0.15) is 0 Å². The van der Waals surface area contributed by atoms with Gasteiger partial charge in [-0.25, -0.2) is 0 Å². The van der Waals surface area contributed by atoms with Crippen molar-refractivity contribution in [2.75, 3.05) is 0 Å². The Morgan fingerprint density at radius 3 is 2.73 bits per heavy atom. The van der Waals surface area contributed by atoms with Crippen LogP contribution in [-0.2, 0) is 6.42 Å². The van der Waals surface area contributed by atoms with Crippen molar-refractivity contribution in [3.8, 4) is 0 Å². The molecule has 2 heteroatoms. The molecule has 1 heterocycles. The van der Waals surface area contributed by atoms with Crippen molar-refractivity contribution in [3.05, 3.63) is 21.9 Å². The lowest BCUT2D eigenvalue weighted by Gasteiger charge is -2.00. The van der Waals surface area contributed by atoms with Crippen LogP contribution in [-0.4, -0.2) is 11.2 Å². The minimum absolute atomic E-state index is 0.169. The van der Waals surface area contributed by atoms with Gasteiger partial charge in [-0.2, -0.15) is 0 Å². The molecule has 0 saturated carbocycles. The average Bonchev–Trinajstić information content (AvgIpc) is 2.31. The van der Waals surface area contributed by atoms with E-state index in [4.69, 9.17) is 5.11 Å². The van der Waals surface area contributed by atoms with E-state index in [1.807, 2.05) is 18.3 Å². The van der Waals surface area contributed by atoms with Crippen LogP contribution >= 0.6 is 11.3 Å². The number of hydrogen-bond donors (Lipinski definition) is 1.